The first kappa shape index (κ1) is 28.3. The van der Waals surface area contributed by atoms with E-state index in [9.17, 15) is 8.42 Å². The first-order valence-electron chi connectivity index (χ1n) is 6.57. The minimum absolute atomic E-state index is 0.0741. The molecular weight excluding hydrogens is 296 g/mol. The molecule has 0 amide bonds. The predicted molar refractivity (Wildman–Crippen MR) is 99.7 cm³/mol. The first-order valence-corrected chi connectivity index (χ1v) is 8.01. The summed E-state index contributed by atoms with van der Waals surface area (Å²) < 4.78 is 29.2. The molecule has 126 valence electrons. The molecule has 0 bridgehead atoms. The third-order valence-corrected chi connectivity index (χ3v) is 1.91. The van der Waals surface area contributed by atoms with E-state index in [2.05, 4.69) is 26.3 Å². The SMILES string of the molecule is C=CC.C=CC.C=CC.C=CC.O=S(=O)(O)c1ccccc1. The van der Waals surface area contributed by atoms with Gasteiger partial charge in [-0.05, 0) is 39.8 Å². The third-order valence-electron chi connectivity index (χ3n) is 1.04. The molecule has 1 N–H and O–H groups in total. The average Bonchev–Trinajstić information content (AvgIpc) is 2.42. The lowest BCUT2D eigenvalue weighted by molar-refractivity contribution is 0.483. The van der Waals surface area contributed by atoms with E-state index in [-0.39, 0.29) is 4.90 Å². The molecule has 3 nitrogen and oxygen atoms in total. The summed E-state index contributed by atoms with van der Waals surface area (Å²) in [5.41, 5.74) is 0. The van der Waals surface area contributed by atoms with Gasteiger partial charge in [-0.2, -0.15) is 8.42 Å². The van der Waals surface area contributed by atoms with Crippen molar-refractivity contribution in [2.24, 2.45) is 0 Å². The van der Waals surface area contributed by atoms with Crippen LogP contribution in [0.4, 0.5) is 0 Å². The molecule has 22 heavy (non-hydrogen) atoms. The highest BCUT2D eigenvalue weighted by Gasteiger charge is 2.05. The molecule has 0 aromatic heterocycles. The number of allylic oxidation sites excluding steroid dienone is 4. The van der Waals surface area contributed by atoms with Crippen LogP contribution >= 0.6 is 0 Å². The van der Waals surface area contributed by atoms with Crippen molar-refractivity contribution < 1.29 is 13.0 Å². The molecule has 1 rings (SSSR count). The summed E-state index contributed by atoms with van der Waals surface area (Å²) in [5, 5.41) is 0. The van der Waals surface area contributed by atoms with Crippen LogP contribution < -0.4 is 0 Å². The Morgan fingerprint density at radius 2 is 1.00 bits per heavy atom. The fourth-order valence-electron chi connectivity index (χ4n) is 0.592. The highest BCUT2D eigenvalue weighted by atomic mass is 32.2. The number of hydrogen-bond donors (Lipinski definition) is 1. The second-order valence-corrected chi connectivity index (χ2v) is 4.84. The molecule has 0 saturated carbocycles. The van der Waals surface area contributed by atoms with Gasteiger partial charge >= 0.3 is 0 Å². The zero-order valence-electron chi connectivity index (χ0n) is 14.2. The van der Waals surface area contributed by atoms with E-state index < -0.39 is 10.1 Å². The Labute approximate surface area is 137 Å². The van der Waals surface area contributed by atoms with Gasteiger partial charge in [-0.25, -0.2) is 0 Å². The van der Waals surface area contributed by atoms with Crippen LogP contribution in [-0.4, -0.2) is 13.0 Å². The lowest BCUT2D eigenvalue weighted by atomic mass is 10.4. The van der Waals surface area contributed by atoms with Crippen LogP contribution in [0.15, 0.2) is 85.8 Å². The molecular formula is C18H30O3S. The van der Waals surface area contributed by atoms with E-state index in [0.29, 0.717) is 0 Å². The fraction of sp³-hybridized carbons (Fsp3) is 0.222. The van der Waals surface area contributed by atoms with Crippen molar-refractivity contribution in [3.63, 3.8) is 0 Å². The van der Waals surface area contributed by atoms with Crippen molar-refractivity contribution in [3.05, 3.63) is 81.0 Å². The average molecular weight is 327 g/mol. The molecule has 0 aliphatic carbocycles. The van der Waals surface area contributed by atoms with Crippen LogP contribution in [0.2, 0.25) is 0 Å². The van der Waals surface area contributed by atoms with Gasteiger partial charge in [-0.1, -0.05) is 42.5 Å². The molecule has 0 spiro atoms. The largest absolute Gasteiger partial charge is 0.294 e. The molecule has 0 atom stereocenters. The van der Waals surface area contributed by atoms with Crippen molar-refractivity contribution in [3.8, 4) is 0 Å². The van der Waals surface area contributed by atoms with Gasteiger partial charge < -0.3 is 0 Å². The van der Waals surface area contributed by atoms with E-state index in [1.54, 1.807) is 42.5 Å². The van der Waals surface area contributed by atoms with Gasteiger partial charge in [-0.15, -0.1) is 26.3 Å². The summed E-state index contributed by atoms with van der Waals surface area (Å²) in [6, 6.07) is 7.42. The second kappa shape index (κ2) is 24.1. The lowest BCUT2D eigenvalue weighted by Gasteiger charge is -1.92. The number of rotatable bonds is 1. The molecule has 1 aromatic rings. The Balaban J connectivity index is -0.000000113. The summed E-state index contributed by atoms with van der Waals surface area (Å²) >= 11 is 0. The summed E-state index contributed by atoms with van der Waals surface area (Å²) in [7, 11) is -4.00. The predicted octanol–water partition coefficient (Wildman–Crippen LogP) is 5.70. The molecule has 0 radical (unpaired) electrons. The van der Waals surface area contributed by atoms with Gasteiger partial charge in [-0.3, -0.25) is 4.55 Å². The molecule has 4 heteroatoms. The van der Waals surface area contributed by atoms with Crippen molar-refractivity contribution in [1.82, 2.24) is 0 Å². The van der Waals surface area contributed by atoms with E-state index in [4.69, 9.17) is 4.55 Å². The monoisotopic (exact) mass is 326 g/mol. The Morgan fingerprint density at radius 3 is 1.14 bits per heavy atom. The standard InChI is InChI=1S/C6H6O3S.4C3H6/c7-10(8,9)6-4-2-1-3-5-6;4*1-3-2/h1-5H,(H,7,8,9);4*3H,1H2,2H3. The molecule has 0 fully saturated rings. The Hall–Kier alpha value is -1.91. The minimum Gasteiger partial charge on any atom is -0.282 e. The van der Waals surface area contributed by atoms with Crippen molar-refractivity contribution >= 4 is 10.1 Å². The maximum atomic E-state index is 10.4. The van der Waals surface area contributed by atoms with Crippen LogP contribution in [0.3, 0.4) is 0 Å². The maximum Gasteiger partial charge on any atom is 0.294 e. The minimum atomic E-state index is -4.00. The molecule has 0 aliphatic rings. The summed E-state index contributed by atoms with van der Waals surface area (Å²) in [6.45, 7) is 21.0. The maximum absolute atomic E-state index is 10.4. The third kappa shape index (κ3) is 36.1. The Morgan fingerprint density at radius 1 is 0.773 bits per heavy atom. The van der Waals surface area contributed by atoms with E-state index in [1.165, 1.54) is 12.1 Å². The van der Waals surface area contributed by atoms with Gasteiger partial charge in [0.15, 0.2) is 0 Å². The molecule has 0 heterocycles. The normalized spacial score (nSPS) is 7.50. The van der Waals surface area contributed by atoms with Crippen molar-refractivity contribution in [1.29, 1.82) is 0 Å². The van der Waals surface area contributed by atoms with Gasteiger partial charge in [0.25, 0.3) is 10.1 Å². The smallest absolute Gasteiger partial charge is 0.282 e. The number of benzene rings is 1. The van der Waals surface area contributed by atoms with Gasteiger partial charge in [0, 0.05) is 0 Å². The van der Waals surface area contributed by atoms with E-state index in [1.807, 2.05) is 27.7 Å². The van der Waals surface area contributed by atoms with Gasteiger partial charge in [0.05, 0.1) is 4.90 Å². The van der Waals surface area contributed by atoms with Crippen molar-refractivity contribution in [2.45, 2.75) is 32.6 Å². The van der Waals surface area contributed by atoms with Crippen LogP contribution in [0.25, 0.3) is 0 Å². The highest BCUT2D eigenvalue weighted by Crippen LogP contribution is 2.05. The fourth-order valence-corrected chi connectivity index (χ4v) is 1.09. The highest BCUT2D eigenvalue weighted by molar-refractivity contribution is 7.85. The Bertz CT molecular complexity index is 436. The first-order chi connectivity index (χ1) is 10.3. The summed E-state index contributed by atoms with van der Waals surface area (Å²) in [4.78, 5) is -0.0741. The second-order valence-electron chi connectivity index (χ2n) is 3.42. The molecule has 0 saturated heterocycles. The topological polar surface area (TPSA) is 54.4 Å². The van der Waals surface area contributed by atoms with Gasteiger partial charge in [0.2, 0.25) is 0 Å². The quantitative estimate of drug-likeness (QED) is 0.532. The summed E-state index contributed by atoms with van der Waals surface area (Å²) in [6.07, 6.45) is 7.00. The Kier molecular flexibility index (Phi) is 31.0. The molecule has 0 aliphatic heterocycles. The summed E-state index contributed by atoms with van der Waals surface area (Å²) in [5.74, 6) is 0. The van der Waals surface area contributed by atoms with Crippen LogP contribution in [0.5, 0.6) is 0 Å². The zero-order chi connectivity index (χ0) is 18.4. The molecule has 0 unspecified atom stereocenters. The van der Waals surface area contributed by atoms with Crippen LogP contribution in [-0.2, 0) is 10.1 Å². The molecule has 1 aromatic carbocycles. The van der Waals surface area contributed by atoms with E-state index >= 15 is 0 Å². The van der Waals surface area contributed by atoms with Crippen LogP contribution in [0.1, 0.15) is 27.7 Å². The number of hydrogen-bond acceptors (Lipinski definition) is 2. The zero-order valence-corrected chi connectivity index (χ0v) is 15.0. The van der Waals surface area contributed by atoms with E-state index in [0.717, 1.165) is 0 Å². The van der Waals surface area contributed by atoms with Crippen molar-refractivity contribution in [2.75, 3.05) is 0 Å². The van der Waals surface area contributed by atoms with Crippen LogP contribution in [0, 0.1) is 0 Å². The van der Waals surface area contributed by atoms with Gasteiger partial charge in [0.1, 0.15) is 0 Å². The lowest BCUT2D eigenvalue weighted by Crippen LogP contribution is -1.96.